The summed E-state index contributed by atoms with van der Waals surface area (Å²) in [5, 5.41) is 0. The van der Waals surface area contributed by atoms with Crippen molar-refractivity contribution in [3.05, 3.63) is 46.9 Å². The average Bonchev–Trinajstić information content (AvgIpc) is 2.73. The Morgan fingerprint density at radius 2 is 1.61 bits per heavy atom. The fraction of sp³-hybridized carbons (Fsp3) is 0.556. The van der Waals surface area contributed by atoms with Gasteiger partial charge in [0.05, 0.1) is 23.7 Å². The van der Waals surface area contributed by atoms with Crippen molar-refractivity contribution in [1.82, 2.24) is 9.97 Å². The minimum Gasteiger partial charge on any atom is -0.461 e. The van der Waals surface area contributed by atoms with E-state index < -0.39 is 11.6 Å². The summed E-state index contributed by atoms with van der Waals surface area (Å²) in [7, 11) is 0. The van der Waals surface area contributed by atoms with Gasteiger partial charge in [-0.3, -0.25) is 9.78 Å². The van der Waals surface area contributed by atoms with E-state index in [0.29, 0.717) is 36.3 Å². The Labute approximate surface area is 197 Å². The van der Waals surface area contributed by atoms with E-state index in [1.807, 2.05) is 27.7 Å². The van der Waals surface area contributed by atoms with Crippen LogP contribution in [0, 0.1) is 19.8 Å². The van der Waals surface area contributed by atoms with Crippen molar-refractivity contribution in [3.63, 3.8) is 0 Å². The Morgan fingerprint density at radius 1 is 0.970 bits per heavy atom. The molecule has 6 nitrogen and oxygen atoms in total. The summed E-state index contributed by atoms with van der Waals surface area (Å²) in [5.41, 5.74) is 4.16. The number of aryl methyl sites for hydroxylation is 2. The van der Waals surface area contributed by atoms with Crippen molar-refractivity contribution >= 4 is 11.9 Å². The van der Waals surface area contributed by atoms with Crippen molar-refractivity contribution < 1.29 is 19.1 Å². The van der Waals surface area contributed by atoms with Gasteiger partial charge in [-0.1, -0.05) is 24.3 Å². The van der Waals surface area contributed by atoms with Gasteiger partial charge in [-0.2, -0.15) is 0 Å². The standard InChI is InChI=1S/C27H36N2O4/c1-7-32-26(31)25-18(3)28-17(2)24(29-25)22-14-12-21(13-15-22)20-10-8-19(9-11-20)16-23(30)33-27(4,5)6/h12-15,19-20H,7-11,16H2,1-6H3/t19-,20-. The molecule has 0 unspecified atom stereocenters. The molecule has 6 heteroatoms. The number of aromatic nitrogens is 2. The van der Waals surface area contributed by atoms with Gasteiger partial charge >= 0.3 is 11.9 Å². The highest BCUT2D eigenvalue weighted by Crippen LogP contribution is 2.38. The summed E-state index contributed by atoms with van der Waals surface area (Å²) in [6, 6.07) is 8.42. The van der Waals surface area contributed by atoms with Gasteiger partial charge in [0.1, 0.15) is 5.60 Å². The molecule has 1 aliphatic rings. The first-order valence-corrected chi connectivity index (χ1v) is 11.9. The molecule has 1 fully saturated rings. The van der Waals surface area contributed by atoms with Crippen LogP contribution in [0.3, 0.4) is 0 Å². The molecular formula is C27H36N2O4. The molecule has 0 spiro atoms. The zero-order valence-corrected chi connectivity index (χ0v) is 20.7. The van der Waals surface area contributed by atoms with Gasteiger partial charge < -0.3 is 9.47 Å². The molecule has 0 atom stereocenters. The van der Waals surface area contributed by atoms with Crippen molar-refractivity contribution in [2.45, 2.75) is 85.2 Å². The number of carbonyl (C=O) groups is 2. The number of benzene rings is 1. The quantitative estimate of drug-likeness (QED) is 0.505. The predicted molar refractivity (Wildman–Crippen MR) is 128 cm³/mol. The number of ether oxygens (including phenoxy) is 2. The fourth-order valence-electron chi connectivity index (χ4n) is 4.53. The molecule has 1 heterocycles. The van der Waals surface area contributed by atoms with Crippen LogP contribution in [0.2, 0.25) is 0 Å². The van der Waals surface area contributed by atoms with Crippen molar-refractivity contribution in [2.24, 2.45) is 5.92 Å². The smallest absolute Gasteiger partial charge is 0.358 e. The molecule has 33 heavy (non-hydrogen) atoms. The summed E-state index contributed by atoms with van der Waals surface area (Å²) in [6.07, 6.45) is 4.73. The van der Waals surface area contributed by atoms with Gasteiger partial charge in [-0.15, -0.1) is 0 Å². The first kappa shape index (κ1) is 24.9. The van der Waals surface area contributed by atoms with Crippen LogP contribution in [0.5, 0.6) is 0 Å². The number of rotatable bonds is 6. The van der Waals surface area contributed by atoms with Gasteiger partial charge in [-0.05, 0) is 84.6 Å². The normalized spacial score (nSPS) is 18.6. The Hall–Kier alpha value is -2.76. The monoisotopic (exact) mass is 452 g/mol. The Balaban J connectivity index is 1.65. The second-order valence-corrected chi connectivity index (χ2v) is 9.94. The molecule has 0 saturated heterocycles. The van der Waals surface area contributed by atoms with E-state index >= 15 is 0 Å². The summed E-state index contributed by atoms with van der Waals surface area (Å²) >= 11 is 0. The molecule has 1 saturated carbocycles. The molecule has 0 bridgehead atoms. The average molecular weight is 453 g/mol. The molecule has 0 N–H and O–H groups in total. The van der Waals surface area contributed by atoms with E-state index in [1.165, 1.54) is 5.56 Å². The zero-order valence-electron chi connectivity index (χ0n) is 20.7. The first-order valence-electron chi connectivity index (χ1n) is 11.9. The third-order valence-electron chi connectivity index (χ3n) is 6.09. The van der Waals surface area contributed by atoms with Crippen LogP contribution in [0.1, 0.15) is 93.2 Å². The fourth-order valence-corrected chi connectivity index (χ4v) is 4.53. The summed E-state index contributed by atoms with van der Waals surface area (Å²) < 4.78 is 10.6. The van der Waals surface area contributed by atoms with Crippen LogP contribution in [0.15, 0.2) is 24.3 Å². The molecule has 0 amide bonds. The zero-order chi connectivity index (χ0) is 24.2. The molecule has 1 aliphatic carbocycles. The van der Waals surface area contributed by atoms with E-state index in [9.17, 15) is 9.59 Å². The van der Waals surface area contributed by atoms with Gasteiger partial charge in [0.25, 0.3) is 0 Å². The summed E-state index contributed by atoms with van der Waals surface area (Å²) in [5.74, 6) is 0.368. The number of hydrogen-bond acceptors (Lipinski definition) is 6. The molecule has 178 valence electrons. The Bertz CT molecular complexity index is 984. The highest BCUT2D eigenvalue weighted by molar-refractivity contribution is 5.89. The van der Waals surface area contributed by atoms with E-state index in [-0.39, 0.29) is 11.7 Å². The highest BCUT2D eigenvalue weighted by atomic mass is 16.6. The van der Waals surface area contributed by atoms with Crippen molar-refractivity contribution in [3.8, 4) is 11.3 Å². The van der Waals surface area contributed by atoms with Gasteiger partial charge in [-0.25, -0.2) is 9.78 Å². The molecule has 2 aromatic rings. The van der Waals surface area contributed by atoms with Crippen LogP contribution < -0.4 is 0 Å². The highest BCUT2D eigenvalue weighted by Gasteiger charge is 2.26. The molecule has 0 radical (unpaired) electrons. The number of carbonyl (C=O) groups excluding carboxylic acids is 2. The molecule has 3 rings (SSSR count). The minimum atomic E-state index is -0.441. The SMILES string of the molecule is CCOC(=O)c1nc(-c2ccc([C@H]3CC[C@H](CC(=O)OC(C)(C)C)CC3)cc2)c(C)nc1C. The molecule has 0 aliphatic heterocycles. The van der Waals surface area contributed by atoms with E-state index in [1.54, 1.807) is 13.8 Å². The van der Waals surface area contributed by atoms with E-state index in [0.717, 1.165) is 36.9 Å². The number of hydrogen-bond donors (Lipinski definition) is 0. The van der Waals surface area contributed by atoms with Gasteiger partial charge in [0, 0.05) is 12.0 Å². The third-order valence-corrected chi connectivity index (χ3v) is 6.09. The second-order valence-electron chi connectivity index (χ2n) is 9.94. The lowest BCUT2D eigenvalue weighted by Crippen LogP contribution is -2.26. The second kappa shape index (κ2) is 10.4. The lowest BCUT2D eigenvalue weighted by atomic mass is 9.77. The Morgan fingerprint density at radius 3 is 2.18 bits per heavy atom. The summed E-state index contributed by atoms with van der Waals surface area (Å²) in [6.45, 7) is 11.5. The number of nitrogens with zero attached hydrogens (tertiary/aromatic N) is 2. The third kappa shape index (κ3) is 6.62. The van der Waals surface area contributed by atoms with E-state index in [4.69, 9.17) is 9.47 Å². The van der Waals surface area contributed by atoms with Crippen molar-refractivity contribution in [1.29, 1.82) is 0 Å². The molecule has 1 aromatic heterocycles. The van der Waals surface area contributed by atoms with E-state index in [2.05, 4.69) is 34.2 Å². The van der Waals surface area contributed by atoms with Crippen LogP contribution in [0.25, 0.3) is 11.3 Å². The lowest BCUT2D eigenvalue weighted by Gasteiger charge is -2.29. The lowest BCUT2D eigenvalue weighted by molar-refractivity contribution is -0.156. The van der Waals surface area contributed by atoms with Gasteiger partial charge in [0.2, 0.25) is 0 Å². The van der Waals surface area contributed by atoms with Crippen LogP contribution in [-0.2, 0) is 14.3 Å². The first-order chi connectivity index (χ1) is 15.6. The topological polar surface area (TPSA) is 78.4 Å². The largest absolute Gasteiger partial charge is 0.461 e. The van der Waals surface area contributed by atoms with Crippen LogP contribution in [0.4, 0.5) is 0 Å². The maximum Gasteiger partial charge on any atom is 0.358 e. The Kier molecular flexibility index (Phi) is 7.88. The maximum absolute atomic E-state index is 12.2. The summed E-state index contributed by atoms with van der Waals surface area (Å²) in [4.78, 5) is 33.5. The molecular weight excluding hydrogens is 416 g/mol. The van der Waals surface area contributed by atoms with Crippen LogP contribution in [-0.4, -0.2) is 34.1 Å². The van der Waals surface area contributed by atoms with Crippen molar-refractivity contribution in [2.75, 3.05) is 6.61 Å². The van der Waals surface area contributed by atoms with Gasteiger partial charge in [0.15, 0.2) is 5.69 Å². The minimum absolute atomic E-state index is 0.0907. The van der Waals surface area contributed by atoms with Crippen LogP contribution >= 0.6 is 0 Å². The number of esters is 2. The maximum atomic E-state index is 12.2. The molecule has 1 aromatic carbocycles. The predicted octanol–water partition coefficient (Wildman–Crippen LogP) is 5.94.